The van der Waals surface area contributed by atoms with Crippen LogP contribution in [0.5, 0.6) is 0 Å². The summed E-state index contributed by atoms with van der Waals surface area (Å²) in [6.45, 7) is 3.89. The standard InChI is InChI=1S/C13H19N3O2S.ClH/c1-3-4-12(15)9-16-19(17,18)13-7-11(8-14)6-5-10(13)2;/h5-7,12,16H,3-4,9,15H2,1-2H3;1H. The first kappa shape index (κ1) is 18.9. The summed E-state index contributed by atoms with van der Waals surface area (Å²) in [4.78, 5) is 0.134. The minimum Gasteiger partial charge on any atom is -0.327 e. The zero-order valence-corrected chi connectivity index (χ0v) is 13.2. The molecule has 7 heteroatoms. The van der Waals surface area contributed by atoms with Crippen LogP contribution in [0.3, 0.4) is 0 Å². The van der Waals surface area contributed by atoms with E-state index in [9.17, 15) is 8.42 Å². The highest BCUT2D eigenvalue weighted by Gasteiger charge is 2.18. The summed E-state index contributed by atoms with van der Waals surface area (Å²) in [7, 11) is -3.62. The van der Waals surface area contributed by atoms with Gasteiger partial charge in [-0.1, -0.05) is 19.4 Å². The van der Waals surface area contributed by atoms with Gasteiger partial charge in [0.05, 0.1) is 16.5 Å². The van der Waals surface area contributed by atoms with Crippen LogP contribution in [0.2, 0.25) is 0 Å². The van der Waals surface area contributed by atoms with Gasteiger partial charge in [-0.25, -0.2) is 13.1 Å². The number of nitrogens with zero attached hydrogens (tertiary/aromatic N) is 1. The molecule has 1 rings (SSSR count). The molecule has 0 saturated carbocycles. The molecule has 0 amide bonds. The van der Waals surface area contributed by atoms with Crippen molar-refractivity contribution in [3.05, 3.63) is 29.3 Å². The second-order valence-corrected chi connectivity index (χ2v) is 6.23. The second kappa shape index (κ2) is 8.22. The van der Waals surface area contributed by atoms with Crippen LogP contribution in [0.1, 0.15) is 30.9 Å². The average molecular weight is 318 g/mol. The summed E-state index contributed by atoms with van der Waals surface area (Å²) in [6, 6.07) is 6.34. The molecule has 0 radical (unpaired) electrons. The number of nitrogens with one attached hydrogen (secondary N) is 1. The van der Waals surface area contributed by atoms with Crippen LogP contribution in [0.4, 0.5) is 0 Å². The Kier molecular flexibility index (Phi) is 7.76. The Morgan fingerprint density at radius 2 is 2.10 bits per heavy atom. The lowest BCUT2D eigenvalue weighted by Gasteiger charge is -2.13. The Bertz CT molecular complexity index is 582. The van der Waals surface area contributed by atoms with Crippen molar-refractivity contribution >= 4 is 22.4 Å². The molecule has 3 N–H and O–H groups in total. The lowest BCUT2D eigenvalue weighted by molar-refractivity contribution is 0.552. The van der Waals surface area contributed by atoms with Gasteiger partial charge in [0, 0.05) is 12.6 Å². The number of nitriles is 1. The molecular weight excluding hydrogens is 298 g/mol. The lowest BCUT2D eigenvalue weighted by atomic mass is 10.2. The van der Waals surface area contributed by atoms with Crippen molar-refractivity contribution < 1.29 is 8.42 Å². The highest BCUT2D eigenvalue weighted by Crippen LogP contribution is 2.16. The Labute approximate surface area is 126 Å². The predicted molar refractivity (Wildman–Crippen MR) is 81.2 cm³/mol. The molecule has 0 fully saturated rings. The maximum Gasteiger partial charge on any atom is 0.240 e. The number of hydrogen-bond acceptors (Lipinski definition) is 4. The van der Waals surface area contributed by atoms with Crippen LogP contribution >= 0.6 is 12.4 Å². The molecule has 0 aliphatic rings. The maximum absolute atomic E-state index is 12.2. The minimum atomic E-state index is -3.62. The second-order valence-electron chi connectivity index (χ2n) is 4.49. The minimum absolute atomic E-state index is 0. The molecule has 1 aromatic carbocycles. The molecule has 0 spiro atoms. The summed E-state index contributed by atoms with van der Waals surface area (Å²) in [6.07, 6.45) is 1.67. The van der Waals surface area contributed by atoms with Gasteiger partial charge in [-0.3, -0.25) is 0 Å². The largest absolute Gasteiger partial charge is 0.327 e. The van der Waals surface area contributed by atoms with Gasteiger partial charge in [0.2, 0.25) is 10.0 Å². The summed E-state index contributed by atoms with van der Waals surface area (Å²) in [5.74, 6) is 0. The molecule has 0 bridgehead atoms. The van der Waals surface area contributed by atoms with Gasteiger partial charge in [-0.05, 0) is 31.0 Å². The third-order valence-corrected chi connectivity index (χ3v) is 4.37. The summed E-state index contributed by atoms with van der Waals surface area (Å²) in [5.41, 5.74) is 6.71. The fraction of sp³-hybridized carbons (Fsp3) is 0.462. The Balaban J connectivity index is 0.00000361. The van der Waals surface area contributed by atoms with E-state index in [-0.39, 0.29) is 29.9 Å². The molecule has 112 valence electrons. The van der Waals surface area contributed by atoms with Gasteiger partial charge in [0.1, 0.15) is 0 Å². The molecule has 20 heavy (non-hydrogen) atoms. The SMILES string of the molecule is CCCC(N)CNS(=O)(=O)c1cc(C#N)ccc1C.Cl. The van der Waals surface area contributed by atoms with E-state index in [0.717, 1.165) is 12.8 Å². The smallest absolute Gasteiger partial charge is 0.240 e. The number of nitrogens with two attached hydrogens (primary N) is 1. The fourth-order valence-corrected chi connectivity index (χ4v) is 3.09. The Hall–Kier alpha value is -1.13. The fourth-order valence-electron chi connectivity index (χ4n) is 1.73. The summed E-state index contributed by atoms with van der Waals surface area (Å²) < 4.78 is 26.8. The van der Waals surface area contributed by atoms with Crippen molar-refractivity contribution in [2.75, 3.05) is 6.54 Å². The van der Waals surface area contributed by atoms with Crippen LogP contribution in [-0.2, 0) is 10.0 Å². The number of halogens is 1. The van der Waals surface area contributed by atoms with E-state index in [1.54, 1.807) is 19.1 Å². The predicted octanol–water partition coefficient (Wildman–Crippen LogP) is 1.69. The highest BCUT2D eigenvalue weighted by atomic mass is 35.5. The van der Waals surface area contributed by atoms with Crippen molar-refractivity contribution in [2.24, 2.45) is 5.73 Å². The van der Waals surface area contributed by atoms with Crippen molar-refractivity contribution in [1.82, 2.24) is 4.72 Å². The van der Waals surface area contributed by atoms with E-state index in [1.165, 1.54) is 6.07 Å². The zero-order chi connectivity index (χ0) is 14.5. The monoisotopic (exact) mass is 317 g/mol. The molecule has 0 aliphatic carbocycles. The van der Waals surface area contributed by atoms with Crippen molar-refractivity contribution in [1.29, 1.82) is 5.26 Å². The topological polar surface area (TPSA) is 96.0 Å². The first-order valence-corrected chi connectivity index (χ1v) is 7.65. The molecule has 0 heterocycles. The molecule has 0 aliphatic heterocycles. The van der Waals surface area contributed by atoms with E-state index < -0.39 is 10.0 Å². The molecule has 1 atom stereocenters. The van der Waals surface area contributed by atoms with Crippen molar-refractivity contribution in [3.8, 4) is 6.07 Å². The maximum atomic E-state index is 12.2. The van der Waals surface area contributed by atoms with Crippen LogP contribution in [0, 0.1) is 18.3 Å². The van der Waals surface area contributed by atoms with Gasteiger partial charge < -0.3 is 5.73 Å². The van der Waals surface area contributed by atoms with E-state index in [2.05, 4.69) is 4.72 Å². The molecule has 0 saturated heterocycles. The number of aryl methyl sites for hydroxylation is 1. The third kappa shape index (κ3) is 5.10. The van der Waals surface area contributed by atoms with E-state index in [4.69, 9.17) is 11.0 Å². The quantitative estimate of drug-likeness (QED) is 0.834. The molecular formula is C13H20ClN3O2S. The summed E-state index contributed by atoms with van der Waals surface area (Å²) in [5, 5.41) is 8.82. The number of rotatable bonds is 6. The molecule has 5 nitrogen and oxygen atoms in total. The first-order valence-electron chi connectivity index (χ1n) is 6.16. The third-order valence-electron chi connectivity index (χ3n) is 2.80. The molecule has 0 aromatic heterocycles. The molecule has 1 aromatic rings. The Morgan fingerprint density at radius 3 is 2.65 bits per heavy atom. The van der Waals surface area contributed by atoms with Crippen LogP contribution in [0.25, 0.3) is 0 Å². The average Bonchev–Trinajstić information content (AvgIpc) is 2.37. The van der Waals surface area contributed by atoms with E-state index >= 15 is 0 Å². The number of benzene rings is 1. The van der Waals surface area contributed by atoms with Crippen molar-refractivity contribution in [3.63, 3.8) is 0 Å². The first-order chi connectivity index (χ1) is 8.90. The normalized spacial score (nSPS) is 12.3. The summed E-state index contributed by atoms with van der Waals surface area (Å²) >= 11 is 0. The van der Waals surface area contributed by atoms with Crippen LogP contribution in [-0.4, -0.2) is 21.0 Å². The van der Waals surface area contributed by atoms with E-state index in [1.807, 2.05) is 13.0 Å². The van der Waals surface area contributed by atoms with Gasteiger partial charge in [-0.2, -0.15) is 5.26 Å². The van der Waals surface area contributed by atoms with Gasteiger partial charge in [0.15, 0.2) is 0 Å². The van der Waals surface area contributed by atoms with Gasteiger partial charge in [0.25, 0.3) is 0 Å². The van der Waals surface area contributed by atoms with Crippen LogP contribution in [0.15, 0.2) is 23.1 Å². The van der Waals surface area contributed by atoms with Gasteiger partial charge in [-0.15, -0.1) is 12.4 Å². The van der Waals surface area contributed by atoms with Crippen LogP contribution < -0.4 is 10.5 Å². The lowest BCUT2D eigenvalue weighted by Crippen LogP contribution is -2.37. The molecule has 1 unspecified atom stereocenters. The number of sulfonamides is 1. The Morgan fingerprint density at radius 1 is 1.45 bits per heavy atom. The number of hydrogen-bond donors (Lipinski definition) is 2. The van der Waals surface area contributed by atoms with Gasteiger partial charge >= 0.3 is 0 Å². The van der Waals surface area contributed by atoms with Crippen molar-refractivity contribution in [2.45, 2.75) is 37.6 Å². The van der Waals surface area contributed by atoms with E-state index in [0.29, 0.717) is 11.1 Å². The highest BCUT2D eigenvalue weighted by molar-refractivity contribution is 7.89. The zero-order valence-electron chi connectivity index (χ0n) is 11.6.